The molecule has 0 aliphatic heterocycles. The van der Waals surface area contributed by atoms with Crippen LogP contribution < -0.4 is 0 Å². The summed E-state index contributed by atoms with van der Waals surface area (Å²) in [7, 11) is 0. The molecular formula is C9H13NS. The van der Waals surface area contributed by atoms with Crippen LogP contribution in [0.5, 0.6) is 0 Å². The molecule has 2 heteroatoms. The Morgan fingerprint density at radius 3 is 2.73 bits per heavy atom. The third kappa shape index (κ3) is 2.54. The molecule has 0 saturated carbocycles. The van der Waals surface area contributed by atoms with Crippen LogP contribution in [-0.4, -0.2) is 11.2 Å². The summed E-state index contributed by atoms with van der Waals surface area (Å²) >= 11 is 1.81. The molecule has 0 atom stereocenters. The second-order valence-electron chi connectivity index (χ2n) is 2.41. The summed E-state index contributed by atoms with van der Waals surface area (Å²) in [4.78, 5) is 4.46. The lowest BCUT2D eigenvalue weighted by molar-refractivity contribution is 1.00. The zero-order valence-corrected chi connectivity index (χ0v) is 7.82. The fourth-order valence-electron chi connectivity index (χ4n) is 0.954. The quantitative estimate of drug-likeness (QED) is 0.686. The van der Waals surface area contributed by atoms with Crippen LogP contribution in [0.25, 0.3) is 0 Å². The van der Waals surface area contributed by atoms with Gasteiger partial charge in [0.1, 0.15) is 0 Å². The van der Waals surface area contributed by atoms with Crippen molar-refractivity contribution in [1.82, 2.24) is 4.98 Å². The first kappa shape index (κ1) is 8.60. The predicted octanol–water partition coefficient (Wildman–Crippen LogP) is 2.51. The lowest BCUT2D eigenvalue weighted by Gasteiger charge is -1.99. The van der Waals surface area contributed by atoms with E-state index >= 15 is 0 Å². The first-order chi connectivity index (χ1) is 5.36. The summed E-state index contributed by atoms with van der Waals surface area (Å²) in [6.07, 6.45) is 3.13. The number of hydrogen-bond acceptors (Lipinski definition) is 2. The largest absolute Gasteiger partial charge is 0.257 e. The molecule has 0 aliphatic rings. The van der Waals surface area contributed by atoms with Gasteiger partial charge in [-0.1, -0.05) is 13.0 Å². The molecule has 0 amide bonds. The topological polar surface area (TPSA) is 12.9 Å². The van der Waals surface area contributed by atoms with Crippen LogP contribution in [0.15, 0.2) is 18.2 Å². The minimum absolute atomic E-state index is 1.02. The van der Waals surface area contributed by atoms with E-state index in [2.05, 4.69) is 36.4 Å². The number of thioether (sulfide) groups is 1. The average molecular weight is 167 g/mol. The van der Waals surface area contributed by atoms with Gasteiger partial charge in [-0.15, -0.1) is 0 Å². The van der Waals surface area contributed by atoms with Crippen molar-refractivity contribution in [3.05, 3.63) is 29.6 Å². The van der Waals surface area contributed by atoms with Crippen molar-refractivity contribution in [2.75, 3.05) is 6.26 Å². The van der Waals surface area contributed by atoms with Gasteiger partial charge in [-0.3, -0.25) is 4.98 Å². The maximum atomic E-state index is 4.46. The van der Waals surface area contributed by atoms with Crippen LogP contribution >= 0.6 is 11.8 Å². The molecule has 60 valence electrons. The van der Waals surface area contributed by atoms with Gasteiger partial charge in [0.15, 0.2) is 0 Å². The second-order valence-corrected chi connectivity index (χ2v) is 3.27. The smallest absolute Gasteiger partial charge is 0.0505 e. The number of pyridine rings is 1. The monoisotopic (exact) mass is 167 g/mol. The minimum Gasteiger partial charge on any atom is -0.257 e. The maximum Gasteiger partial charge on any atom is 0.0505 e. The third-order valence-electron chi connectivity index (χ3n) is 1.52. The first-order valence-electron chi connectivity index (χ1n) is 3.80. The Morgan fingerprint density at radius 1 is 1.36 bits per heavy atom. The Hall–Kier alpha value is -0.500. The van der Waals surface area contributed by atoms with Gasteiger partial charge >= 0.3 is 0 Å². The van der Waals surface area contributed by atoms with E-state index in [1.807, 2.05) is 11.8 Å². The molecule has 1 rings (SSSR count). The minimum atomic E-state index is 1.02. The fraction of sp³-hybridized carbons (Fsp3) is 0.444. The van der Waals surface area contributed by atoms with Gasteiger partial charge in [-0.05, 0) is 24.8 Å². The third-order valence-corrected chi connectivity index (χ3v) is 2.10. The molecular weight excluding hydrogens is 154 g/mol. The number of rotatable bonds is 3. The molecule has 1 aromatic heterocycles. The van der Waals surface area contributed by atoms with E-state index in [1.54, 1.807) is 0 Å². The molecule has 1 nitrogen and oxygen atoms in total. The first-order valence-corrected chi connectivity index (χ1v) is 5.20. The van der Waals surface area contributed by atoms with Crippen LogP contribution in [0.3, 0.4) is 0 Å². The Kier molecular flexibility index (Phi) is 3.43. The highest BCUT2D eigenvalue weighted by molar-refractivity contribution is 7.97. The number of aromatic nitrogens is 1. The molecule has 1 aromatic rings. The highest BCUT2D eigenvalue weighted by Crippen LogP contribution is 2.07. The van der Waals surface area contributed by atoms with E-state index in [1.165, 1.54) is 11.4 Å². The Morgan fingerprint density at radius 2 is 2.09 bits per heavy atom. The predicted molar refractivity (Wildman–Crippen MR) is 50.8 cm³/mol. The van der Waals surface area contributed by atoms with Crippen molar-refractivity contribution in [2.45, 2.75) is 19.1 Å². The summed E-state index contributed by atoms with van der Waals surface area (Å²) in [5.41, 5.74) is 2.38. The van der Waals surface area contributed by atoms with Gasteiger partial charge in [-0.25, -0.2) is 0 Å². The fourth-order valence-corrected chi connectivity index (χ4v) is 1.41. The van der Waals surface area contributed by atoms with Gasteiger partial charge in [0.25, 0.3) is 0 Å². The van der Waals surface area contributed by atoms with E-state index in [-0.39, 0.29) is 0 Å². The average Bonchev–Trinajstić information content (AvgIpc) is 2.06. The lowest BCUT2D eigenvalue weighted by Crippen LogP contribution is -1.91. The molecule has 0 radical (unpaired) electrons. The van der Waals surface area contributed by atoms with Crippen molar-refractivity contribution in [3.8, 4) is 0 Å². The van der Waals surface area contributed by atoms with Crippen LogP contribution in [0.4, 0.5) is 0 Å². The SMILES string of the molecule is CCc1cccc(CSC)n1. The molecule has 0 spiro atoms. The summed E-state index contributed by atoms with van der Waals surface area (Å²) in [6, 6.07) is 6.23. The normalized spacial score (nSPS) is 10.0. The highest BCUT2D eigenvalue weighted by Gasteiger charge is 1.93. The van der Waals surface area contributed by atoms with Crippen LogP contribution in [-0.2, 0) is 12.2 Å². The molecule has 0 bridgehead atoms. The van der Waals surface area contributed by atoms with Crippen LogP contribution in [0.2, 0.25) is 0 Å². The van der Waals surface area contributed by atoms with Crippen molar-refractivity contribution < 1.29 is 0 Å². The van der Waals surface area contributed by atoms with E-state index in [0.29, 0.717) is 0 Å². The number of aryl methyl sites for hydroxylation is 1. The number of nitrogens with zero attached hydrogens (tertiary/aromatic N) is 1. The van der Waals surface area contributed by atoms with E-state index in [4.69, 9.17) is 0 Å². The van der Waals surface area contributed by atoms with Crippen LogP contribution in [0, 0.1) is 0 Å². The van der Waals surface area contributed by atoms with Gasteiger partial charge < -0.3 is 0 Å². The van der Waals surface area contributed by atoms with E-state index < -0.39 is 0 Å². The second kappa shape index (κ2) is 4.39. The van der Waals surface area contributed by atoms with Gasteiger partial charge in [0.2, 0.25) is 0 Å². The van der Waals surface area contributed by atoms with E-state index in [9.17, 15) is 0 Å². The van der Waals surface area contributed by atoms with Crippen molar-refractivity contribution in [1.29, 1.82) is 0 Å². The molecule has 0 unspecified atom stereocenters. The van der Waals surface area contributed by atoms with Crippen molar-refractivity contribution in [3.63, 3.8) is 0 Å². The molecule has 0 fully saturated rings. The molecule has 0 N–H and O–H groups in total. The van der Waals surface area contributed by atoms with Gasteiger partial charge in [-0.2, -0.15) is 11.8 Å². The van der Waals surface area contributed by atoms with Crippen LogP contribution in [0.1, 0.15) is 18.3 Å². The molecule has 1 heterocycles. The van der Waals surface area contributed by atoms with Crippen molar-refractivity contribution in [2.24, 2.45) is 0 Å². The summed E-state index contributed by atoms with van der Waals surface area (Å²) in [6.45, 7) is 2.13. The van der Waals surface area contributed by atoms with E-state index in [0.717, 1.165) is 12.2 Å². The summed E-state index contributed by atoms with van der Waals surface area (Å²) < 4.78 is 0. The zero-order chi connectivity index (χ0) is 8.10. The molecule has 0 saturated heterocycles. The van der Waals surface area contributed by atoms with Gasteiger partial charge in [0.05, 0.1) is 5.69 Å². The summed E-state index contributed by atoms with van der Waals surface area (Å²) in [5.74, 6) is 1.02. The molecule has 11 heavy (non-hydrogen) atoms. The highest BCUT2D eigenvalue weighted by atomic mass is 32.2. The Balaban J connectivity index is 2.74. The number of hydrogen-bond donors (Lipinski definition) is 0. The van der Waals surface area contributed by atoms with Crippen molar-refractivity contribution >= 4 is 11.8 Å². The van der Waals surface area contributed by atoms with Gasteiger partial charge in [0, 0.05) is 11.4 Å². The Bertz CT molecular complexity index is 223. The summed E-state index contributed by atoms with van der Waals surface area (Å²) in [5, 5.41) is 0. The molecule has 0 aromatic carbocycles. The molecule has 0 aliphatic carbocycles. The zero-order valence-electron chi connectivity index (χ0n) is 7.00. The standard InChI is InChI=1S/C9H13NS/c1-3-8-5-4-6-9(10-8)7-11-2/h4-6H,3,7H2,1-2H3. The lowest BCUT2D eigenvalue weighted by atomic mass is 10.3. The Labute approximate surface area is 72.2 Å². The maximum absolute atomic E-state index is 4.46.